The van der Waals surface area contributed by atoms with Crippen LogP contribution in [0, 0.1) is 5.92 Å². The van der Waals surface area contributed by atoms with Crippen LogP contribution >= 0.6 is 0 Å². The molecule has 1 aromatic rings. The molecular weight excluding hydrogens is 226 g/mol. The molecule has 0 saturated carbocycles. The van der Waals surface area contributed by atoms with Gasteiger partial charge in [-0.05, 0) is 12.5 Å². The van der Waals surface area contributed by atoms with Gasteiger partial charge in [-0.3, -0.25) is 4.79 Å². The molecule has 0 aliphatic rings. The maximum atomic E-state index is 12.0. The zero-order valence-corrected chi connectivity index (χ0v) is 11.2. The highest BCUT2D eigenvalue weighted by molar-refractivity contribution is 5.80. The summed E-state index contributed by atoms with van der Waals surface area (Å²) in [5.41, 5.74) is 0.816. The number of hydrogen-bond acceptors (Lipinski definition) is 2. The maximum Gasteiger partial charge on any atom is 0.229 e. The summed E-state index contributed by atoms with van der Waals surface area (Å²) in [6.45, 7) is 7.25. The fourth-order valence-corrected chi connectivity index (χ4v) is 1.76. The quantitative estimate of drug-likeness (QED) is 0.812. The number of likely N-dealkylation sites (N-methyl/N-ethyl adjacent to an activating group) is 1. The van der Waals surface area contributed by atoms with Gasteiger partial charge < -0.3 is 10.0 Å². The van der Waals surface area contributed by atoms with Crippen molar-refractivity contribution >= 4 is 5.91 Å². The lowest BCUT2D eigenvalue weighted by molar-refractivity contribution is -0.136. The molecule has 1 amide bonds. The van der Waals surface area contributed by atoms with Crippen LogP contribution in [0.4, 0.5) is 0 Å². The lowest BCUT2D eigenvalue weighted by Crippen LogP contribution is -2.41. The number of nitrogens with zero attached hydrogens (tertiary/aromatic N) is 1. The summed E-state index contributed by atoms with van der Waals surface area (Å²) in [4.78, 5) is 13.6. The molecule has 3 heteroatoms. The second-order valence-corrected chi connectivity index (χ2v) is 4.57. The molecule has 1 N–H and O–H groups in total. The van der Waals surface area contributed by atoms with Crippen LogP contribution in [0.2, 0.25) is 0 Å². The van der Waals surface area contributed by atoms with Gasteiger partial charge in [-0.1, -0.05) is 43.3 Å². The molecule has 18 heavy (non-hydrogen) atoms. The minimum absolute atomic E-state index is 0.0347. The third-order valence-corrected chi connectivity index (χ3v) is 3.30. The molecule has 3 atom stereocenters. The smallest absolute Gasteiger partial charge is 0.229 e. The van der Waals surface area contributed by atoms with E-state index in [0.29, 0.717) is 0 Å². The number of hydrogen-bond donors (Lipinski definition) is 1. The fourth-order valence-electron chi connectivity index (χ4n) is 1.76. The Morgan fingerprint density at radius 2 is 1.89 bits per heavy atom. The van der Waals surface area contributed by atoms with E-state index in [4.69, 9.17) is 0 Å². The van der Waals surface area contributed by atoms with Gasteiger partial charge in [-0.2, -0.15) is 0 Å². The third-order valence-electron chi connectivity index (χ3n) is 3.30. The van der Waals surface area contributed by atoms with Gasteiger partial charge in [-0.15, -0.1) is 6.58 Å². The Kier molecular flexibility index (Phi) is 5.10. The molecule has 0 aromatic heterocycles. The lowest BCUT2D eigenvalue weighted by Gasteiger charge is -2.30. The summed E-state index contributed by atoms with van der Waals surface area (Å²) in [5.74, 6) is -0.270. The molecule has 0 unspecified atom stereocenters. The monoisotopic (exact) mass is 247 g/mol. The Hall–Kier alpha value is -1.61. The number of carbonyl (C=O) groups is 1. The Morgan fingerprint density at radius 1 is 1.33 bits per heavy atom. The largest absolute Gasteiger partial charge is 0.386 e. The van der Waals surface area contributed by atoms with Crippen LogP contribution in [0.1, 0.15) is 25.5 Å². The van der Waals surface area contributed by atoms with Crippen LogP contribution in [-0.2, 0) is 4.79 Å². The second kappa shape index (κ2) is 6.36. The minimum atomic E-state index is -0.683. The second-order valence-electron chi connectivity index (χ2n) is 4.57. The van der Waals surface area contributed by atoms with E-state index in [2.05, 4.69) is 6.58 Å². The number of aliphatic hydroxyl groups excluding tert-OH is 1. The van der Waals surface area contributed by atoms with Crippen molar-refractivity contribution in [1.29, 1.82) is 0 Å². The SMILES string of the molecule is C=C[C@H](C)C(=O)N(C)[C@@H](C)[C@@H](O)c1ccccc1. The van der Waals surface area contributed by atoms with Crippen molar-refractivity contribution in [2.24, 2.45) is 5.92 Å². The average molecular weight is 247 g/mol. The van der Waals surface area contributed by atoms with Gasteiger partial charge in [0.25, 0.3) is 0 Å². The first-order valence-electron chi connectivity index (χ1n) is 6.11. The molecule has 0 spiro atoms. The van der Waals surface area contributed by atoms with Crippen molar-refractivity contribution in [2.75, 3.05) is 7.05 Å². The predicted octanol–water partition coefficient (Wildman–Crippen LogP) is 2.39. The number of benzene rings is 1. The summed E-state index contributed by atoms with van der Waals surface area (Å²) in [5, 5.41) is 10.2. The number of carbonyl (C=O) groups excluding carboxylic acids is 1. The van der Waals surface area contributed by atoms with Crippen molar-refractivity contribution < 1.29 is 9.90 Å². The summed E-state index contributed by atoms with van der Waals surface area (Å²) in [6, 6.07) is 9.09. The highest BCUT2D eigenvalue weighted by atomic mass is 16.3. The molecule has 0 saturated heterocycles. The average Bonchev–Trinajstić information content (AvgIpc) is 2.44. The predicted molar refractivity (Wildman–Crippen MR) is 73.0 cm³/mol. The van der Waals surface area contributed by atoms with E-state index in [9.17, 15) is 9.90 Å². The lowest BCUT2D eigenvalue weighted by atomic mass is 10.0. The zero-order chi connectivity index (χ0) is 13.7. The van der Waals surface area contributed by atoms with Crippen molar-refractivity contribution in [2.45, 2.75) is 26.0 Å². The molecule has 3 nitrogen and oxygen atoms in total. The van der Waals surface area contributed by atoms with Crippen molar-refractivity contribution in [1.82, 2.24) is 4.90 Å². The van der Waals surface area contributed by atoms with Gasteiger partial charge >= 0.3 is 0 Å². The molecular formula is C15H21NO2. The van der Waals surface area contributed by atoms with Crippen LogP contribution in [0.15, 0.2) is 43.0 Å². The van der Waals surface area contributed by atoms with Gasteiger partial charge in [0.15, 0.2) is 0 Å². The van der Waals surface area contributed by atoms with Crippen molar-refractivity contribution in [3.8, 4) is 0 Å². The van der Waals surface area contributed by atoms with Crippen LogP contribution in [0.25, 0.3) is 0 Å². The topological polar surface area (TPSA) is 40.5 Å². The van der Waals surface area contributed by atoms with E-state index >= 15 is 0 Å². The zero-order valence-electron chi connectivity index (χ0n) is 11.2. The van der Waals surface area contributed by atoms with Gasteiger partial charge in [0.05, 0.1) is 18.1 Å². The van der Waals surface area contributed by atoms with Crippen LogP contribution < -0.4 is 0 Å². The molecule has 0 radical (unpaired) electrons. The Bertz CT molecular complexity index is 402. The first-order chi connectivity index (χ1) is 8.49. The Balaban J connectivity index is 2.78. The molecule has 1 aromatic carbocycles. The number of aliphatic hydroxyl groups is 1. The first-order valence-corrected chi connectivity index (χ1v) is 6.11. The molecule has 0 heterocycles. The van der Waals surface area contributed by atoms with Gasteiger partial charge in [0.1, 0.15) is 0 Å². The van der Waals surface area contributed by atoms with E-state index in [0.717, 1.165) is 5.56 Å². The Labute approximate surface area is 109 Å². The summed E-state index contributed by atoms with van der Waals surface area (Å²) in [6.07, 6.45) is 0.928. The van der Waals surface area contributed by atoms with Crippen LogP contribution in [0.3, 0.4) is 0 Å². The molecule has 0 bridgehead atoms. The molecule has 0 fully saturated rings. The van der Waals surface area contributed by atoms with Gasteiger partial charge in [-0.25, -0.2) is 0 Å². The molecule has 0 aliphatic carbocycles. The summed E-state index contributed by atoms with van der Waals surface area (Å²) >= 11 is 0. The molecule has 1 rings (SSSR count). The number of amides is 1. The van der Waals surface area contributed by atoms with E-state index in [1.807, 2.05) is 37.3 Å². The van der Waals surface area contributed by atoms with E-state index < -0.39 is 6.10 Å². The third kappa shape index (κ3) is 3.20. The van der Waals surface area contributed by atoms with Crippen molar-refractivity contribution in [3.63, 3.8) is 0 Å². The van der Waals surface area contributed by atoms with E-state index in [-0.39, 0.29) is 17.9 Å². The molecule has 0 aliphatic heterocycles. The van der Waals surface area contributed by atoms with E-state index in [1.165, 1.54) is 0 Å². The van der Waals surface area contributed by atoms with Gasteiger partial charge in [0.2, 0.25) is 5.91 Å². The van der Waals surface area contributed by atoms with Gasteiger partial charge in [0, 0.05) is 7.05 Å². The van der Waals surface area contributed by atoms with Crippen molar-refractivity contribution in [3.05, 3.63) is 48.6 Å². The van der Waals surface area contributed by atoms with Crippen LogP contribution in [-0.4, -0.2) is 29.0 Å². The maximum absolute atomic E-state index is 12.0. The number of rotatable bonds is 5. The Morgan fingerprint density at radius 3 is 2.39 bits per heavy atom. The fraction of sp³-hybridized carbons (Fsp3) is 0.400. The van der Waals surface area contributed by atoms with E-state index in [1.54, 1.807) is 24.9 Å². The normalized spacial score (nSPS) is 15.6. The first kappa shape index (κ1) is 14.5. The minimum Gasteiger partial charge on any atom is -0.386 e. The molecule has 98 valence electrons. The standard InChI is InChI=1S/C15H21NO2/c1-5-11(2)15(18)16(4)12(3)14(17)13-9-7-6-8-10-13/h5-12,14,17H,1H2,2-4H3/t11-,12-,14+/m0/s1. The summed E-state index contributed by atoms with van der Waals surface area (Å²) < 4.78 is 0. The highest BCUT2D eigenvalue weighted by Crippen LogP contribution is 2.21. The summed E-state index contributed by atoms with van der Waals surface area (Å²) in [7, 11) is 1.71. The highest BCUT2D eigenvalue weighted by Gasteiger charge is 2.25. The van der Waals surface area contributed by atoms with Crippen LogP contribution in [0.5, 0.6) is 0 Å².